The van der Waals surface area contributed by atoms with Crippen molar-refractivity contribution in [3.05, 3.63) is 70.6 Å². The van der Waals surface area contributed by atoms with Gasteiger partial charge in [-0.2, -0.15) is 0 Å². The van der Waals surface area contributed by atoms with Crippen molar-refractivity contribution in [2.45, 2.75) is 32.8 Å². The second kappa shape index (κ2) is 8.71. The van der Waals surface area contributed by atoms with Crippen LogP contribution in [-0.4, -0.2) is 18.5 Å². The van der Waals surface area contributed by atoms with Gasteiger partial charge in [-0.3, -0.25) is 4.79 Å². The van der Waals surface area contributed by atoms with Crippen molar-refractivity contribution in [2.24, 2.45) is 0 Å². The van der Waals surface area contributed by atoms with Gasteiger partial charge in [0.15, 0.2) is 6.61 Å². The standard InChI is InChI=1S/C24H23NO4S/c1-3-15(2)17-8-4-6-10-19(17)25-22(26)14-29-24(27)21-12-16-13-28-20-11-7-5-9-18(20)23(16)30-21/h4-12,15H,3,13-14H2,1-2H3,(H,25,26)/t15-/m1/s1. The van der Waals surface area contributed by atoms with Gasteiger partial charge in [0.2, 0.25) is 0 Å². The molecule has 5 nitrogen and oxygen atoms in total. The molecule has 1 aliphatic heterocycles. The van der Waals surface area contributed by atoms with Crippen LogP contribution < -0.4 is 10.1 Å². The van der Waals surface area contributed by atoms with Crippen LogP contribution in [0.1, 0.15) is 47.0 Å². The molecule has 0 bridgehead atoms. The fourth-order valence-electron chi connectivity index (χ4n) is 3.45. The van der Waals surface area contributed by atoms with Crippen LogP contribution in [0.5, 0.6) is 5.75 Å². The zero-order valence-electron chi connectivity index (χ0n) is 16.9. The monoisotopic (exact) mass is 421 g/mol. The second-order valence-corrected chi connectivity index (χ2v) is 8.32. The summed E-state index contributed by atoms with van der Waals surface area (Å²) in [5.74, 6) is 0.282. The number of hydrogen-bond acceptors (Lipinski definition) is 5. The third-order valence-corrected chi connectivity index (χ3v) is 6.43. The van der Waals surface area contributed by atoms with E-state index in [2.05, 4.69) is 19.2 Å². The number of hydrogen-bond donors (Lipinski definition) is 1. The van der Waals surface area contributed by atoms with Crippen LogP contribution in [0, 0.1) is 0 Å². The molecule has 0 aliphatic carbocycles. The molecule has 0 radical (unpaired) electrons. The molecule has 0 unspecified atom stereocenters. The Balaban J connectivity index is 1.41. The average Bonchev–Trinajstić information content (AvgIpc) is 3.22. The maximum Gasteiger partial charge on any atom is 0.348 e. The summed E-state index contributed by atoms with van der Waals surface area (Å²) in [5.41, 5.74) is 3.76. The third kappa shape index (κ3) is 4.09. The van der Waals surface area contributed by atoms with Gasteiger partial charge in [-0.25, -0.2) is 4.79 Å². The van der Waals surface area contributed by atoms with Gasteiger partial charge >= 0.3 is 5.97 Å². The van der Waals surface area contributed by atoms with Gasteiger partial charge < -0.3 is 14.8 Å². The van der Waals surface area contributed by atoms with Crippen LogP contribution in [0.25, 0.3) is 10.4 Å². The first-order chi connectivity index (χ1) is 14.6. The largest absolute Gasteiger partial charge is 0.488 e. The highest BCUT2D eigenvalue weighted by Gasteiger charge is 2.23. The SMILES string of the molecule is CC[C@@H](C)c1ccccc1NC(=O)COC(=O)c1cc2c(s1)-c1ccccc1OC2. The van der Waals surface area contributed by atoms with E-state index in [4.69, 9.17) is 9.47 Å². The highest BCUT2D eigenvalue weighted by atomic mass is 32.1. The Morgan fingerprint density at radius 2 is 1.93 bits per heavy atom. The smallest absolute Gasteiger partial charge is 0.348 e. The zero-order valence-corrected chi connectivity index (χ0v) is 17.8. The van der Waals surface area contributed by atoms with Crippen LogP contribution in [0.15, 0.2) is 54.6 Å². The lowest BCUT2D eigenvalue weighted by molar-refractivity contribution is -0.119. The predicted molar refractivity (Wildman–Crippen MR) is 118 cm³/mol. The number of ether oxygens (including phenoxy) is 2. The minimum atomic E-state index is -0.503. The molecule has 1 aromatic heterocycles. The molecule has 154 valence electrons. The van der Waals surface area contributed by atoms with Crippen molar-refractivity contribution in [3.63, 3.8) is 0 Å². The highest BCUT2D eigenvalue weighted by molar-refractivity contribution is 7.17. The number of carbonyl (C=O) groups is 2. The number of fused-ring (bicyclic) bond motifs is 3. The maximum absolute atomic E-state index is 12.5. The number of nitrogens with one attached hydrogen (secondary N) is 1. The molecular weight excluding hydrogens is 398 g/mol. The minimum Gasteiger partial charge on any atom is -0.488 e. The molecule has 1 aliphatic rings. The van der Waals surface area contributed by atoms with E-state index >= 15 is 0 Å². The first-order valence-electron chi connectivity index (χ1n) is 9.97. The van der Waals surface area contributed by atoms with Crippen molar-refractivity contribution >= 4 is 28.9 Å². The van der Waals surface area contributed by atoms with E-state index in [1.54, 1.807) is 6.07 Å². The highest BCUT2D eigenvalue weighted by Crippen LogP contribution is 2.42. The molecule has 4 rings (SSSR count). The number of para-hydroxylation sites is 2. The Bertz CT molecular complexity index is 1090. The topological polar surface area (TPSA) is 64.6 Å². The van der Waals surface area contributed by atoms with Crippen molar-refractivity contribution in [3.8, 4) is 16.2 Å². The molecule has 6 heteroatoms. The fraction of sp³-hybridized carbons (Fsp3) is 0.250. The van der Waals surface area contributed by atoms with E-state index < -0.39 is 5.97 Å². The van der Waals surface area contributed by atoms with Gasteiger partial charge in [0.05, 0.1) is 0 Å². The summed E-state index contributed by atoms with van der Waals surface area (Å²) < 4.78 is 11.0. The zero-order chi connectivity index (χ0) is 21.1. The number of thiophene rings is 1. The van der Waals surface area contributed by atoms with E-state index in [0.29, 0.717) is 17.4 Å². The summed E-state index contributed by atoms with van der Waals surface area (Å²) in [6, 6.07) is 17.2. The Labute approximate surface area is 179 Å². The summed E-state index contributed by atoms with van der Waals surface area (Å²) in [6.07, 6.45) is 0.970. The van der Waals surface area contributed by atoms with Crippen LogP contribution in [-0.2, 0) is 16.1 Å². The first kappa shape index (κ1) is 20.2. The molecule has 1 N–H and O–H groups in total. The van der Waals surface area contributed by atoms with Crippen molar-refractivity contribution in [1.82, 2.24) is 0 Å². The molecule has 30 heavy (non-hydrogen) atoms. The molecule has 0 spiro atoms. The maximum atomic E-state index is 12.5. The molecule has 2 aromatic carbocycles. The Morgan fingerprint density at radius 3 is 2.77 bits per heavy atom. The minimum absolute atomic E-state index is 0.326. The molecule has 0 saturated carbocycles. The lowest BCUT2D eigenvalue weighted by atomic mass is 9.97. The van der Waals surface area contributed by atoms with E-state index in [9.17, 15) is 9.59 Å². The summed E-state index contributed by atoms with van der Waals surface area (Å²) in [5, 5.41) is 2.86. The lowest BCUT2D eigenvalue weighted by Gasteiger charge is -2.16. The molecular formula is C24H23NO4S. The quantitative estimate of drug-likeness (QED) is 0.525. The number of benzene rings is 2. The van der Waals surface area contributed by atoms with E-state index in [0.717, 1.165) is 39.4 Å². The van der Waals surface area contributed by atoms with E-state index in [1.807, 2.05) is 48.5 Å². The Hall–Kier alpha value is -3.12. The average molecular weight is 422 g/mol. The van der Waals surface area contributed by atoms with Gasteiger partial charge in [-0.15, -0.1) is 11.3 Å². The number of esters is 1. The van der Waals surface area contributed by atoms with E-state index in [-0.39, 0.29) is 12.5 Å². The van der Waals surface area contributed by atoms with Crippen LogP contribution in [0.3, 0.4) is 0 Å². The second-order valence-electron chi connectivity index (χ2n) is 7.27. The number of rotatable bonds is 6. The van der Waals surface area contributed by atoms with Gasteiger partial charge in [0.1, 0.15) is 17.2 Å². The molecule has 0 fully saturated rings. The third-order valence-electron chi connectivity index (χ3n) is 5.24. The molecule has 2 heterocycles. The van der Waals surface area contributed by atoms with Crippen molar-refractivity contribution in [2.75, 3.05) is 11.9 Å². The number of carbonyl (C=O) groups excluding carboxylic acids is 2. The number of amides is 1. The van der Waals surface area contributed by atoms with Gasteiger partial charge in [0, 0.05) is 21.7 Å². The van der Waals surface area contributed by atoms with Gasteiger partial charge in [0.25, 0.3) is 5.91 Å². The van der Waals surface area contributed by atoms with Crippen molar-refractivity contribution < 1.29 is 19.1 Å². The molecule has 1 atom stereocenters. The Morgan fingerprint density at radius 1 is 1.17 bits per heavy atom. The van der Waals surface area contributed by atoms with Crippen molar-refractivity contribution in [1.29, 1.82) is 0 Å². The summed E-state index contributed by atoms with van der Waals surface area (Å²) in [7, 11) is 0. The molecule has 3 aromatic rings. The Kier molecular flexibility index (Phi) is 5.86. The molecule has 1 amide bonds. The predicted octanol–water partition coefficient (Wildman–Crippen LogP) is 5.62. The van der Waals surface area contributed by atoms with Crippen LogP contribution in [0.4, 0.5) is 5.69 Å². The van der Waals surface area contributed by atoms with Crippen LogP contribution in [0.2, 0.25) is 0 Å². The van der Waals surface area contributed by atoms with E-state index in [1.165, 1.54) is 11.3 Å². The van der Waals surface area contributed by atoms with Gasteiger partial charge in [-0.1, -0.05) is 44.2 Å². The number of anilines is 1. The fourth-order valence-corrected chi connectivity index (χ4v) is 4.54. The first-order valence-corrected chi connectivity index (χ1v) is 10.8. The summed E-state index contributed by atoms with van der Waals surface area (Å²) in [6.45, 7) is 4.31. The summed E-state index contributed by atoms with van der Waals surface area (Å²) in [4.78, 5) is 26.4. The van der Waals surface area contributed by atoms with Crippen LogP contribution >= 0.6 is 11.3 Å². The molecule has 0 saturated heterocycles. The normalized spacial score (nSPS) is 12.9. The summed E-state index contributed by atoms with van der Waals surface area (Å²) >= 11 is 1.36. The van der Waals surface area contributed by atoms with Gasteiger partial charge in [-0.05, 0) is 42.2 Å². The lowest BCUT2D eigenvalue weighted by Crippen LogP contribution is -2.21.